The molecule has 3 rings (SSSR count). The van der Waals surface area contributed by atoms with E-state index < -0.39 is 23.1 Å². The maximum Gasteiger partial charge on any atom is 0.416 e. The lowest BCUT2D eigenvalue weighted by Gasteiger charge is -2.30. The Balaban J connectivity index is 1.83. The number of hydrogen-bond donors (Lipinski definition) is 1. The van der Waals surface area contributed by atoms with Crippen molar-refractivity contribution in [3.8, 4) is 0 Å². The summed E-state index contributed by atoms with van der Waals surface area (Å²) in [5.74, 6) is -0.529. The molecule has 26 heavy (non-hydrogen) atoms. The lowest BCUT2D eigenvalue weighted by Crippen LogP contribution is -2.44. The zero-order valence-electron chi connectivity index (χ0n) is 14.1. The van der Waals surface area contributed by atoms with Crippen LogP contribution in [0.1, 0.15) is 47.3 Å². The summed E-state index contributed by atoms with van der Waals surface area (Å²) in [7, 11) is 0. The van der Waals surface area contributed by atoms with E-state index in [1.807, 2.05) is 0 Å². The van der Waals surface area contributed by atoms with Gasteiger partial charge in [0, 0.05) is 24.1 Å². The van der Waals surface area contributed by atoms with Crippen LogP contribution in [-0.4, -0.2) is 12.5 Å². The van der Waals surface area contributed by atoms with Crippen LogP contribution in [-0.2, 0) is 11.6 Å². The number of aromatic nitrogens is 1. The molecule has 1 aromatic heterocycles. The maximum absolute atomic E-state index is 13.1. The van der Waals surface area contributed by atoms with Crippen LogP contribution < -0.4 is 10.0 Å². The van der Waals surface area contributed by atoms with E-state index in [1.165, 1.54) is 30.5 Å². The standard InChI is InChI=1S/C19H19F3N2O2/c20-19(21,22)15-7-5-6-14(12-15)18(9-2-3-10-18)13-23-17(25)16-8-1-4-11-24(16)26/h1,4-8,11-12H,2-3,9-10,13H2,(H,23,25). The van der Waals surface area contributed by atoms with Crippen molar-refractivity contribution in [3.63, 3.8) is 0 Å². The van der Waals surface area contributed by atoms with E-state index in [9.17, 15) is 23.2 Å². The number of benzene rings is 1. The van der Waals surface area contributed by atoms with Gasteiger partial charge in [-0.3, -0.25) is 4.79 Å². The molecular weight excluding hydrogens is 345 g/mol. The van der Waals surface area contributed by atoms with E-state index >= 15 is 0 Å². The second kappa shape index (κ2) is 6.97. The first-order valence-electron chi connectivity index (χ1n) is 8.46. The number of halogens is 3. The fourth-order valence-corrected chi connectivity index (χ4v) is 3.59. The molecule has 1 aliphatic carbocycles. The third-order valence-electron chi connectivity index (χ3n) is 5.01. The van der Waals surface area contributed by atoms with Crippen molar-refractivity contribution in [1.82, 2.24) is 5.32 Å². The molecule has 138 valence electrons. The molecular formula is C19H19F3N2O2. The summed E-state index contributed by atoms with van der Waals surface area (Å²) in [6, 6.07) is 9.83. The fourth-order valence-electron chi connectivity index (χ4n) is 3.59. The van der Waals surface area contributed by atoms with Crippen molar-refractivity contribution >= 4 is 5.91 Å². The molecule has 0 atom stereocenters. The van der Waals surface area contributed by atoms with Crippen LogP contribution in [0.25, 0.3) is 0 Å². The Morgan fingerprint density at radius 3 is 2.54 bits per heavy atom. The van der Waals surface area contributed by atoms with Crippen molar-refractivity contribution in [2.75, 3.05) is 6.54 Å². The van der Waals surface area contributed by atoms with Crippen LogP contribution in [0.2, 0.25) is 0 Å². The Labute approximate surface area is 149 Å². The predicted octanol–water partition coefficient (Wildman–Crippen LogP) is 3.58. The van der Waals surface area contributed by atoms with Crippen LogP contribution in [0, 0.1) is 5.21 Å². The fraction of sp³-hybridized carbons (Fsp3) is 0.368. The smallest absolute Gasteiger partial charge is 0.416 e. The van der Waals surface area contributed by atoms with Gasteiger partial charge in [0.05, 0.1) is 5.56 Å². The molecule has 7 heteroatoms. The van der Waals surface area contributed by atoms with Gasteiger partial charge in [-0.25, -0.2) is 0 Å². The molecule has 1 heterocycles. The third-order valence-corrected chi connectivity index (χ3v) is 5.01. The number of alkyl halides is 3. The van der Waals surface area contributed by atoms with Gasteiger partial charge in [0.2, 0.25) is 0 Å². The molecule has 0 aliphatic heterocycles. The third kappa shape index (κ3) is 3.66. The number of nitrogens with one attached hydrogen (secondary N) is 1. The highest BCUT2D eigenvalue weighted by Gasteiger charge is 2.38. The van der Waals surface area contributed by atoms with Crippen LogP contribution in [0.4, 0.5) is 13.2 Å². The molecule has 1 aliphatic rings. The molecule has 1 aromatic carbocycles. The average Bonchev–Trinajstić information content (AvgIpc) is 3.10. The summed E-state index contributed by atoms with van der Waals surface area (Å²) >= 11 is 0. The Morgan fingerprint density at radius 2 is 1.88 bits per heavy atom. The van der Waals surface area contributed by atoms with E-state index in [1.54, 1.807) is 12.1 Å². The molecule has 0 radical (unpaired) electrons. The average molecular weight is 364 g/mol. The van der Waals surface area contributed by atoms with Crippen molar-refractivity contribution in [2.45, 2.75) is 37.3 Å². The van der Waals surface area contributed by atoms with Crippen LogP contribution >= 0.6 is 0 Å². The van der Waals surface area contributed by atoms with Crippen LogP contribution in [0.15, 0.2) is 48.7 Å². The molecule has 2 aromatic rings. The number of pyridine rings is 1. The summed E-state index contributed by atoms with van der Waals surface area (Å²) < 4.78 is 39.6. The van der Waals surface area contributed by atoms with Crippen LogP contribution in [0.5, 0.6) is 0 Å². The molecule has 1 amide bonds. The second-order valence-electron chi connectivity index (χ2n) is 6.66. The van der Waals surface area contributed by atoms with Gasteiger partial charge < -0.3 is 10.5 Å². The normalized spacial score (nSPS) is 16.4. The number of rotatable bonds is 4. The summed E-state index contributed by atoms with van der Waals surface area (Å²) in [5, 5.41) is 14.4. The Kier molecular flexibility index (Phi) is 4.89. The first-order chi connectivity index (χ1) is 12.3. The topological polar surface area (TPSA) is 56.0 Å². The number of carbonyl (C=O) groups is 1. The zero-order chi connectivity index (χ0) is 18.8. The first kappa shape index (κ1) is 18.2. The van der Waals surface area contributed by atoms with E-state index in [0.29, 0.717) is 23.1 Å². The minimum Gasteiger partial charge on any atom is -0.618 e. The SMILES string of the molecule is O=C(NCC1(c2cccc(C(F)(F)F)c2)CCCC1)c1cccc[n+]1[O-]. The van der Waals surface area contributed by atoms with Gasteiger partial charge in [-0.2, -0.15) is 17.9 Å². The van der Waals surface area contributed by atoms with Gasteiger partial charge in [0.1, 0.15) is 0 Å². The molecule has 1 fully saturated rings. The summed E-state index contributed by atoms with van der Waals surface area (Å²) in [4.78, 5) is 12.3. The van der Waals surface area contributed by atoms with E-state index in [4.69, 9.17) is 0 Å². The highest BCUT2D eigenvalue weighted by molar-refractivity contribution is 5.90. The molecule has 4 nitrogen and oxygen atoms in total. The van der Waals surface area contributed by atoms with Gasteiger partial charge in [-0.1, -0.05) is 31.0 Å². The number of hydrogen-bond acceptors (Lipinski definition) is 2. The molecule has 0 spiro atoms. The minimum absolute atomic E-state index is 0.0373. The number of carbonyl (C=O) groups excluding carboxylic acids is 1. The van der Waals surface area contributed by atoms with E-state index in [0.717, 1.165) is 18.9 Å². The minimum atomic E-state index is -4.41. The highest BCUT2D eigenvalue weighted by atomic mass is 19.4. The Bertz CT molecular complexity index is 799. The predicted molar refractivity (Wildman–Crippen MR) is 89.3 cm³/mol. The molecule has 0 unspecified atom stereocenters. The molecule has 0 saturated heterocycles. The summed E-state index contributed by atoms with van der Waals surface area (Å²) in [5.41, 5.74) is -0.690. The van der Waals surface area contributed by atoms with Gasteiger partial charge in [-0.15, -0.1) is 0 Å². The number of nitrogens with zero attached hydrogens (tertiary/aromatic N) is 1. The van der Waals surface area contributed by atoms with Crippen LogP contribution in [0.3, 0.4) is 0 Å². The monoisotopic (exact) mass is 364 g/mol. The summed E-state index contributed by atoms with van der Waals surface area (Å²) in [6.07, 6.45) is -0.0101. The highest BCUT2D eigenvalue weighted by Crippen LogP contribution is 2.42. The zero-order valence-corrected chi connectivity index (χ0v) is 14.1. The first-order valence-corrected chi connectivity index (χ1v) is 8.46. The van der Waals surface area contributed by atoms with Gasteiger partial charge >= 0.3 is 12.1 Å². The molecule has 0 bridgehead atoms. The maximum atomic E-state index is 13.1. The van der Waals surface area contributed by atoms with E-state index in [-0.39, 0.29) is 12.2 Å². The lowest BCUT2D eigenvalue weighted by molar-refractivity contribution is -0.607. The quantitative estimate of drug-likeness (QED) is 0.666. The second-order valence-corrected chi connectivity index (χ2v) is 6.66. The number of amides is 1. The molecule has 1 N–H and O–H groups in total. The van der Waals surface area contributed by atoms with Crippen molar-refractivity contribution in [1.29, 1.82) is 0 Å². The Hall–Kier alpha value is -2.57. The van der Waals surface area contributed by atoms with Gasteiger partial charge in [0.15, 0.2) is 6.20 Å². The van der Waals surface area contributed by atoms with Gasteiger partial charge in [-0.05, 0) is 30.5 Å². The van der Waals surface area contributed by atoms with Crippen molar-refractivity contribution in [3.05, 3.63) is 70.7 Å². The van der Waals surface area contributed by atoms with Gasteiger partial charge in [0.25, 0.3) is 5.69 Å². The van der Waals surface area contributed by atoms with Crippen molar-refractivity contribution in [2.24, 2.45) is 0 Å². The van der Waals surface area contributed by atoms with E-state index in [2.05, 4.69) is 5.32 Å². The Morgan fingerprint density at radius 1 is 1.15 bits per heavy atom. The molecule has 1 saturated carbocycles. The summed E-state index contributed by atoms with van der Waals surface area (Å²) in [6.45, 7) is 0.196. The largest absolute Gasteiger partial charge is 0.618 e. The lowest BCUT2D eigenvalue weighted by atomic mass is 9.78. The van der Waals surface area contributed by atoms with Crippen molar-refractivity contribution < 1.29 is 22.7 Å².